The Bertz CT molecular complexity index is 1460. The lowest BCUT2D eigenvalue weighted by molar-refractivity contribution is 0.269. The molecule has 174 valence electrons. The van der Waals surface area contributed by atoms with Crippen molar-refractivity contribution in [3.05, 3.63) is 97.2 Å². The number of aromatic nitrogens is 2. The molecule has 1 aromatic heterocycles. The minimum absolute atomic E-state index is 0.123. The molecule has 0 aliphatic carbocycles. The zero-order valence-corrected chi connectivity index (χ0v) is 20.7. The lowest BCUT2D eigenvalue weighted by atomic mass is 10.2. The van der Waals surface area contributed by atoms with E-state index >= 15 is 0 Å². The van der Waals surface area contributed by atoms with Crippen LogP contribution in [0.15, 0.2) is 69.0 Å². The zero-order chi connectivity index (χ0) is 24.2. The third kappa shape index (κ3) is 5.29. The van der Waals surface area contributed by atoms with Gasteiger partial charge in [-0.15, -0.1) is 0 Å². The molecule has 0 unspecified atom stereocenters. The van der Waals surface area contributed by atoms with Gasteiger partial charge in [0.05, 0.1) is 28.7 Å². The SMILES string of the molecule is CCOc1cc(C=Nn2c(C)nc3ccc(Br)cc3c2=O)cc(Cl)c1OCc1cccc(F)c1. The zero-order valence-electron chi connectivity index (χ0n) is 18.4. The largest absolute Gasteiger partial charge is 0.490 e. The molecule has 0 bridgehead atoms. The van der Waals surface area contributed by atoms with Crippen molar-refractivity contribution in [2.45, 2.75) is 20.5 Å². The summed E-state index contributed by atoms with van der Waals surface area (Å²) in [6, 6.07) is 14.8. The normalized spacial score (nSPS) is 11.3. The third-order valence-corrected chi connectivity index (χ3v) is 5.67. The molecule has 6 nitrogen and oxygen atoms in total. The van der Waals surface area contributed by atoms with Gasteiger partial charge in [-0.05, 0) is 67.4 Å². The van der Waals surface area contributed by atoms with E-state index in [9.17, 15) is 9.18 Å². The Morgan fingerprint density at radius 3 is 2.76 bits per heavy atom. The van der Waals surface area contributed by atoms with Crippen molar-refractivity contribution in [2.75, 3.05) is 6.61 Å². The Morgan fingerprint density at radius 1 is 1.18 bits per heavy atom. The number of rotatable bonds is 7. The molecule has 0 radical (unpaired) electrons. The molecule has 4 rings (SSSR count). The number of nitrogens with zero attached hydrogens (tertiary/aromatic N) is 3. The average Bonchev–Trinajstić information content (AvgIpc) is 2.79. The predicted molar refractivity (Wildman–Crippen MR) is 135 cm³/mol. The van der Waals surface area contributed by atoms with Gasteiger partial charge in [0.15, 0.2) is 11.5 Å². The Labute approximate surface area is 208 Å². The minimum atomic E-state index is -0.343. The van der Waals surface area contributed by atoms with Gasteiger partial charge in [0.1, 0.15) is 18.2 Å². The molecule has 0 spiro atoms. The van der Waals surface area contributed by atoms with E-state index < -0.39 is 0 Å². The van der Waals surface area contributed by atoms with Crippen LogP contribution >= 0.6 is 27.5 Å². The molecule has 9 heteroatoms. The summed E-state index contributed by atoms with van der Waals surface area (Å²) < 4.78 is 27.0. The second-order valence-electron chi connectivity index (χ2n) is 7.36. The van der Waals surface area contributed by atoms with Crippen molar-refractivity contribution in [2.24, 2.45) is 5.10 Å². The number of hydrogen-bond acceptors (Lipinski definition) is 5. The van der Waals surface area contributed by atoms with Crippen molar-refractivity contribution in [1.82, 2.24) is 9.66 Å². The summed E-state index contributed by atoms with van der Waals surface area (Å²) in [5.74, 6) is 0.861. The molecule has 3 aromatic carbocycles. The number of fused-ring (bicyclic) bond motifs is 1. The van der Waals surface area contributed by atoms with Gasteiger partial charge in [-0.1, -0.05) is 39.7 Å². The number of ether oxygens (including phenoxy) is 2. The second kappa shape index (κ2) is 10.4. The molecular weight excluding hydrogens is 525 g/mol. The van der Waals surface area contributed by atoms with E-state index in [1.807, 2.05) is 13.0 Å². The fourth-order valence-corrected chi connectivity index (χ4v) is 4.00. The van der Waals surface area contributed by atoms with Crippen molar-refractivity contribution in [3.8, 4) is 11.5 Å². The molecule has 0 aliphatic rings. The maximum atomic E-state index is 13.5. The van der Waals surface area contributed by atoms with Gasteiger partial charge < -0.3 is 9.47 Å². The number of halogens is 3. The van der Waals surface area contributed by atoms with Crippen LogP contribution in [0.5, 0.6) is 11.5 Å². The lowest BCUT2D eigenvalue weighted by Gasteiger charge is -2.14. The van der Waals surface area contributed by atoms with Gasteiger partial charge in [0.25, 0.3) is 5.56 Å². The van der Waals surface area contributed by atoms with Gasteiger partial charge in [0, 0.05) is 4.47 Å². The highest BCUT2D eigenvalue weighted by molar-refractivity contribution is 9.10. The Kier molecular flexibility index (Phi) is 7.29. The van der Waals surface area contributed by atoms with E-state index in [1.54, 1.807) is 43.3 Å². The Balaban J connectivity index is 1.65. The maximum Gasteiger partial charge on any atom is 0.282 e. The van der Waals surface area contributed by atoms with Crippen LogP contribution in [0.1, 0.15) is 23.9 Å². The smallest absolute Gasteiger partial charge is 0.282 e. The highest BCUT2D eigenvalue weighted by Crippen LogP contribution is 2.37. The van der Waals surface area contributed by atoms with E-state index in [-0.39, 0.29) is 18.0 Å². The van der Waals surface area contributed by atoms with E-state index in [1.165, 1.54) is 23.0 Å². The summed E-state index contributed by atoms with van der Waals surface area (Å²) in [4.78, 5) is 17.4. The molecule has 34 heavy (non-hydrogen) atoms. The highest BCUT2D eigenvalue weighted by Gasteiger charge is 2.13. The van der Waals surface area contributed by atoms with Crippen LogP contribution in [0.2, 0.25) is 5.02 Å². The van der Waals surface area contributed by atoms with Crippen LogP contribution in [0, 0.1) is 12.7 Å². The van der Waals surface area contributed by atoms with Crippen molar-refractivity contribution >= 4 is 44.6 Å². The number of hydrogen-bond donors (Lipinski definition) is 0. The standard InChI is InChI=1S/C25H20BrClFN3O3/c1-3-33-23-11-17(10-21(27)24(23)34-14-16-5-4-6-19(28)9-16)13-29-31-15(2)30-22-8-7-18(26)12-20(22)25(31)32/h4-13H,3,14H2,1-2H3. The number of benzene rings is 3. The monoisotopic (exact) mass is 543 g/mol. The molecule has 0 atom stereocenters. The van der Waals surface area contributed by atoms with Gasteiger partial charge in [-0.2, -0.15) is 9.78 Å². The van der Waals surface area contributed by atoms with Crippen molar-refractivity contribution in [1.29, 1.82) is 0 Å². The summed E-state index contributed by atoms with van der Waals surface area (Å²) >= 11 is 9.86. The van der Waals surface area contributed by atoms with E-state index in [0.717, 1.165) is 4.47 Å². The van der Waals surface area contributed by atoms with E-state index in [4.69, 9.17) is 21.1 Å². The summed E-state index contributed by atoms with van der Waals surface area (Å²) in [5, 5.41) is 5.09. The van der Waals surface area contributed by atoms with Crippen LogP contribution in [0.4, 0.5) is 4.39 Å². The van der Waals surface area contributed by atoms with E-state index in [0.29, 0.717) is 51.0 Å². The minimum Gasteiger partial charge on any atom is -0.490 e. The summed E-state index contributed by atoms with van der Waals surface area (Å²) in [6.45, 7) is 4.06. The van der Waals surface area contributed by atoms with Crippen molar-refractivity contribution in [3.63, 3.8) is 0 Å². The number of aryl methyl sites for hydroxylation is 1. The topological polar surface area (TPSA) is 65.7 Å². The maximum absolute atomic E-state index is 13.5. The molecule has 1 heterocycles. The summed E-state index contributed by atoms with van der Waals surface area (Å²) in [6.07, 6.45) is 1.50. The van der Waals surface area contributed by atoms with E-state index in [2.05, 4.69) is 26.0 Å². The first-order chi connectivity index (χ1) is 16.4. The quantitative estimate of drug-likeness (QED) is 0.263. The first-order valence-electron chi connectivity index (χ1n) is 10.4. The summed E-state index contributed by atoms with van der Waals surface area (Å²) in [7, 11) is 0. The first kappa shape index (κ1) is 23.9. The van der Waals surface area contributed by atoms with Gasteiger partial charge in [-0.3, -0.25) is 4.79 Å². The Morgan fingerprint density at radius 2 is 2.00 bits per heavy atom. The summed E-state index contributed by atoms with van der Waals surface area (Å²) in [5.41, 5.74) is 1.58. The second-order valence-corrected chi connectivity index (χ2v) is 8.69. The molecule has 0 aliphatic heterocycles. The van der Waals surface area contributed by atoms with Crippen LogP contribution in [0.25, 0.3) is 10.9 Å². The lowest BCUT2D eigenvalue weighted by Crippen LogP contribution is -2.20. The molecule has 0 N–H and O–H groups in total. The molecule has 0 saturated heterocycles. The first-order valence-corrected chi connectivity index (χ1v) is 11.6. The van der Waals surface area contributed by atoms with Crippen LogP contribution in [0.3, 0.4) is 0 Å². The predicted octanol–water partition coefficient (Wildman–Crippen LogP) is 6.12. The fraction of sp³-hybridized carbons (Fsp3) is 0.160. The Hall–Kier alpha value is -3.23. The third-order valence-electron chi connectivity index (χ3n) is 4.90. The van der Waals surface area contributed by atoms with Crippen LogP contribution in [-0.4, -0.2) is 22.5 Å². The highest BCUT2D eigenvalue weighted by atomic mass is 79.9. The van der Waals surface area contributed by atoms with Crippen molar-refractivity contribution < 1.29 is 13.9 Å². The molecule has 0 fully saturated rings. The molecule has 4 aromatic rings. The van der Waals surface area contributed by atoms with Crippen LogP contribution in [-0.2, 0) is 6.61 Å². The molecule has 0 amide bonds. The van der Waals surface area contributed by atoms with Gasteiger partial charge >= 0.3 is 0 Å². The van der Waals surface area contributed by atoms with Gasteiger partial charge in [0.2, 0.25) is 0 Å². The van der Waals surface area contributed by atoms with Gasteiger partial charge in [-0.25, -0.2) is 9.37 Å². The molecule has 0 saturated carbocycles. The average molecular weight is 545 g/mol. The van der Waals surface area contributed by atoms with Crippen LogP contribution < -0.4 is 15.0 Å². The molecular formula is C25H20BrClFN3O3. The fourth-order valence-electron chi connectivity index (χ4n) is 3.37.